The van der Waals surface area contributed by atoms with Crippen LogP contribution in [0.4, 0.5) is 0 Å². The lowest BCUT2D eigenvalue weighted by atomic mass is 10.1. The summed E-state index contributed by atoms with van der Waals surface area (Å²) in [6.07, 6.45) is 2.74. The Morgan fingerprint density at radius 3 is 2.74 bits per heavy atom. The highest BCUT2D eigenvalue weighted by Gasteiger charge is 2.34. The molecule has 2 rings (SSSR count). The molecular formula is C15H19NO3. The number of hydrogen-bond donors (Lipinski definition) is 0. The number of likely N-dealkylation sites (tertiary alicyclic amines) is 1. The third-order valence-corrected chi connectivity index (χ3v) is 3.52. The van der Waals surface area contributed by atoms with Gasteiger partial charge in [0, 0.05) is 13.0 Å². The minimum Gasteiger partial charge on any atom is -0.467 e. The number of benzene rings is 1. The highest BCUT2D eigenvalue weighted by atomic mass is 16.5. The first-order valence-corrected chi connectivity index (χ1v) is 6.63. The Bertz CT molecular complexity index is 444. The van der Waals surface area contributed by atoms with E-state index in [1.54, 1.807) is 4.90 Å². The van der Waals surface area contributed by atoms with Gasteiger partial charge >= 0.3 is 5.97 Å². The van der Waals surface area contributed by atoms with Crippen LogP contribution >= 0.6 is 0 Å². The minimum atomic E-state index is -0.381. The molecule has 4 heteroatoms. The molecule has 102 valence electrons. The molecule has 1 saturated heterocycles. The summed E-state index contributed by atoms with van der Waals surface area (Å²) in [5, 5.41) is 0. The lowest BCUT2D eigenvalue weighted by Crippen LogP contribution is -2.41. The largest absolute Gasteiger partial charge is 0.467 e. The molecule has 1 aromatic rings. The summed E-state index contributed by atoms with van der Waals surface area (Å²) in [6, 6.07) is 9.52. The molecule has 0 radical (unpaired) electrons. The molecule has 1 aliphatic heterocycles. The van der Waals surface area contributed by atoms with Crippen molar-refractivity contribution in [1.29, 1.82) is 0 Å². The Morgan fingerprint density at radius 2 is 2.05 bits per heavy atom. The van der Waals surface area contributed by atoms with E-state index in [1.165, 1.54) is 7.11 Å². The molecule has 0 N–H and O–H groups in total. The van der Waals surface area contributed by atoms with E-state index in [9.17, 15) is 9.59 Å². The van der Waals surface area contributed by atoms with Crippen LogP contribution in [0.3, 0.4) is 0 Å². The predicted molar refractivity (Wildman–Crippen MR) is 71.5 cm³/mol. The van der Waals surface area contributed by atoms with Gasteiger partial charge in [0.25, 0.3) is 0 Å². The van der Waals surface area contributed by atoms with Crippen LogP contribution in [0.25, 0.3) is 0 Å². The maximum absolute atomic E-state index is 12.2. The quantitative estimate of drug-likeness (QED) is 0.776. The first-order chi connectivity index (χ1) is 9.22. The first-order valence-electron chi connectivity index (χ1n) is 6.63. The van der Waals surface area contributed by atoms with E-state index in [1.807, 2.05) is 30.3 Å². The van der Waals surface area contributed by atoms with Gasteiger partial charge in [0.15, 0.2) is 0 Å². The van der Waals surface area contributed by atoms with E-state index in [0.29, 0.717) is 25.8 Å². The van der Waals surface area contributed by atoms with Crippen molar-refractivity contribution < 1.29 is 14.3 Å². The van der Waals surface area contributed by atoms with Gasteiger partial charge in [0.1, 0.15) is 6.04 Å². The van der Waals surface area contributed by atoms with E-state index in [4.69, 9.17) is 4.74 Å². The summed E-state index contributed by atoms with van der Waals surface area (Å²) in [4.78, 5) is 25.4. The predicted octanol–water partition coefficient (Wildman–Crippen LogP) is 1.78. The lowest BCUT2D eigenvalue weighted by molar-refractivity contribution is -0.150. The Morgan fingerprint density at radius 1 is 1.32 bits per heavy atom. The zero-order valence-electron chi connectivity index (χ0n) is 11.2. The Balaban J connectivity index is 1.90. The highest BCUT2D eigenvalue weighted by Crippen LogP contribution is 2.20. The molecule has 0 aliphatic carbocycles. The zero-order chi connectivity index (χ0) is 13.7. The van der Waals surface area contributed by atoms with Crippen molar-refractivity contribution in [1.82, 2.24) is 4.90 Å². The second-order valence-electron chi connectivity index (χ2n) is 4.75. The molecule has 1 heterocycles. The molecule has 0 spiro atoms. The van der Waals surface area contributed by atoms with E-state index < -0.39 is 0 Å². The number of nitrogens with zero attached hydrogens (tertiary/aromatic N) is 1. The zero-order valence-corrected chi connectivity index (χ0v) is 11.2. The lowest BCUT2D eigenvalue weighted by Gasteiger charge is -2.22. The molecule has 1 fully saturated rings. The second kappa shape index (κ2) is 6.36. The maximum atomic E-state index is 12.2. The highest BCUT2D eigenvalue weighted by molar-refractivity contribution is 5.85. The molecule has 19 heavy (non-hydrogen) atoms. The summed E-state index contributed by atoms with van der Waals surface area (Å²) < 4.78 is 4.74. The van der Waals surface area contributed by atoms with Gasteiger partial charge in [-0.05, 0) is 24.8 Å². The molecule has 0 unspecified atom stereocenters. The van der Waals surface area contributed by atoms with Gasteiger partial charge in [0.05, 0.1) is 7.11 Å². The van der Waals surface area contributed by atoms with Crippen molar-refractivity contribution >= 4 is 11.9 Å². The third-order valence-electron chi connectivity index (χ3n) is 3.52. The Kier molecular flexibility index (Phi) is 4.55. The van der Waals surface area contributed by atoms with Crippen LogP contribution in [0.15, 0.2) is 30.3 Å². The monoisotopic (exact) mass is 261 g/mol. The number of carbonyl (C=O) groups excluding carboxylic acids is 2. The van der Waals surface area contributed by atoms with E-state index >= 15 is 0 Å². The standard InChI is InChI=1S/C15H19NO3/c1-19-15(18)13-8-5-11-16(13)14(17)10-9-12-6-3-2-4-7-12/h2-4,6-7,13H,5,8-11H2,1H3/t13-/m0/s1. The van der Waals surface area contributed by atoms with Crippen LogP contribution in [0, 0.1) is 0 Å². The van der Waals surface area contributed by atoms with Gasteiger partial charge in [-0.25, -0.2) is 4.79 Å². The number of carbonyl (C=O) groups is 2. The topological polar surface area (TPSA) is 46.6 Å². The van der Waals surface area contributed by atoms with Crippen molar-refractivity contribution in [2.24, 2.45) is 0 Å². The fourth-order valence-corrected chi connectivity index (χ4v) is 2.49. The number of ether oxygens (including phenoxy) is 1. The number of amides is 1. The maximum Gasteiger partial charge on any atom is 0.328 e. The average Bonchev–Trinajstić information content (AvgIpc) is 2.94. The summed E-state index contributed by atoms with van der Waals surface area (Å²) in [5.41, 5.74) is 1.14. The molecule has 1 aromatic carbocycles. The van der Waals surface area contributed by atoms with Crippen LogP contribution < -0.4 is 0 Å². The van der Waals surface area contributed by atoms with Gasteiger partial charge in [-0.3, -0.25) is 4.79 Å². The number of esters is 1. The van der Waals surface area contributed by atoms with Crippen LogP contribution in [-0.2, 0) is 20.7 Å². The van der Waals surface area contributed by atoms with Crippen molar-refractivity contribution in [2.45, 2.75) is 31.7 Å². The molecule has 1 amide bonds. The van der Waals surface area contributed by atoms with Crippen molar-refractivity contribution in [3.05, 3.63) is 35.9 Å². The molecule has 1 atom stereocenters. The summed E-state index contributed by atoms with van der Waals surface area (Å²) in [7, 11) is 1.37. The minimum absolute atomic E-state index is 0.0387. The summed E-state index contributed by atoms with van der Waals surface area (Å²) >= 11 is 0. The summed E-state index contributed by atoms with van der Waals surface area (Å²) in [6.45, 7) is 0.660. The van der Waals surface area contributed by atoms with Gasteiger partial charge in [-0.2, -0.15) is 0 Å². The molecule has 0 aromatic heterocycles. The molecule has 0 saturated carbocycles. The number of rotatable bonds is 4. The Hall–Kier alpha value is -1.84. The smallest absolute Gasteiger partial charge is 0.328 e. The second-order valence-corrected chi connectivity index (χ2v) is 4.75. The molecular weight excluding hydrogens is 242 g/mol. The van der Waals surface area contributed by atoms with Crippen LogP contribution in [0.5, 0.6) is 0 Å². The van der Waals surface area contributed by atoms with Crippen molar-refractivity contribution in [2.75, 3.05) is 13.7 Å². The number of aryl methyl sites for hydroxylation is 1. The normalized spacial score (nSPS) is 18.4. The Labute approximate surface area is 113 Å². The molecule has 1 aliphatic rings. The fourth-order valence-electron chi connectivity index (χ4n) is 2.49. The number of hydrogen-bond acceptors (Lipinski definition) is 3. The van der Waals surface area contributed by atoms with E-state index in [-0.39, 0.29) is 17.9 Å². The summed E-state index contributed by atoms with van der Waals surface area (Å²) in [5.74, 6) is -0.262. The van der Waals surface area contributed by atoms with Gasteiger partial charge in [-0.15, -0.1) is 0 Å². The SMILES string of the molecule is COC(=O)[C@@H]1CCCN1C(=O)CCc1ccccc1. The van der Waals surface area contributed by atoms with E-state index in [0.717, 1.165) is 12.0 Å². The van der Waals surface area contributed by atoms with Gasteiger partial charge in [0.2, 0.25) is 5.91 Å². The van der Waals surface area contributed by atoms with Gasteiger partial charge in [-0.1, -0.05) is 30.3 Å². The van der Waals surface area contributed by atoms with Crippen molar-refractivity contribution in [3.8, 4) is 0 Å². The first kappa shape index (κ1) is 13.6. The van der Waals surface area contributed by atoms with E-state index in [2.05, 4.69) is 0 Å². The fraction of sp³-hybridized carbons (Fsp3) is 0.467. The van der Waals surface area contributed by atoms with Crippen LogP contribution in [0.1, 0.15) is 24.8 Å². The van der Waals surface area contributed by atoms with Crippen LogP contribution in [-0.4, -0.2) is 36.5 Å². The average molecular weight is 261 g/mol. The molecule has 4 nitrogen and oxygen atoms in total. The third kappa shape index (κ3) is 3.34. The van der Waals surface area contributed by atoms with Crippen molar-refractivity contribution in [3.63, 3.8) is 0 Å². The number of methoxy groups -OCH3 is 1. The van der Waals surface area contributed by atoms with Crippen LogP contribution in [0.2, 0.25) is 0 Å². The molecule has 0 bridgehead atoms. The van der Waals surface area contributed by atoms with Gasteiger partial charge < -0.3 is 9.64 Å².